The molecule has 0 aromatic heterocycles. The first-order chi connectivity index (χ1) is 7.16. The fraction of sp³-hybridized carbons (Fsp3) is 0.500. The number of hydrogen-bond acceptors (Lipinski definition) is 3. The standard InChI is InChI=1S/C12H18N2O/c1-14-6-5-9(8-14)7-10-3-2-4-11(15)12(10)13/h2-4,9,15H,5-8,13H2,1H3. The molecule has 0 saturated carbocycles. The maximum absolute atomic E-state index is 9.49. The zero-order valence-electron chi connectivity index (χ0n) is 9.11. The summed E-state index contributed by atoms with van der Waals surface area (Å²) in [5.41, 5.74) is 7.46. The van der Waals surface area contributed by atoms with E-state index in [4.69, 9.17) is 5.73 Å². The van der Waals surface area contributed by atoms with Crippen molar-refractivity contribution in [3.8, 4) is 5.75 Å². The lowest BCUT2D eigenvalue weighted by atomic mass is 9.97. The lowest BCUT2D eigenvalue weighted by Gasteiger charge is -2.12. The summed E-state index contributed by atoms with van der Waals surface area (Å²) in [6.45, 7) is 2.30. The first-order valence-electron chi connectivity index (χ1n) is 5.41. The lowest BCUT2D eigenvalue weighted by Crippen LogP contribution is -2.15. The minimum Gasteiger partial charge on any atom is -0.506 e. The van der Waals surface area contributed by atoms with Crippen molar-refractivity contribution in [3.05, 3.63) is 23.8 Å². The van der Waals surface area contributed by atoms with Gasteiger partial charge in [-0.05, 0) is 44.0 Å². The van der Waals surface area contributed by atoms with E-state index in [1.165, 1.54) is 13.0 Å². The number of phenols is 1. The molecule has 1 atom stereocenters. The van der Waals surface area contributed by atoms with Crippen LogP contribution in [0.4, 0.5) is 5.69 Å². The van der Waals surface area contributed by atoms with Gasteiger partial charge in [-0.3, -0.25) is 0 Å². The van der Waals surface area contributed by atoms with Gasteiger partial charge >= 0.3 is 0 Å². The number of anilines is 1. The molecule has 3 N–H and O–H groups in total. The fourth-order valence-corrected chi connectivity index (χ4v) is 2.28. The van der Waals surface area contributed by atoms with Gasteiger partial charge in [0.2, 0.25) is 0 Å². The number of aromatic hydroxyl groups is 1. The number of nitrogens with zero attached hydrogens (tertiary/aromatic N) is 1. The van der Waals surface area contributed by atoms with E-state index in [-0.39, 0.29) is 5.75 Å². The molecule has 1 unspecified atom stereocenters. The molecule has 0 aliphatic carbocycles. The third kappa shape index (κ3) is 2.23. The van der Waals surface area contributed by atoms with Crippen molar-refractivity contribution in [2.45, 2.75) is 12.8 Å². The summed E-state index contributed by atoms with van der Waals surface area (Å²) in [6.07, 6.45) is 2.20. The molecule has 0 amide bonds. The minimum atomic E-state index is 0.207. The van der Waals surface area contributed by atoms with Crippen molar-refractivity contribution >= 4 is 5.69 Å². The van der Waals surface area contributed by atoms with Gasteiger partial charge in [0.15, 0.2) is 0 Å². The van der Waals surface area contributed by atoms with Gasteiger partial charge in [-0.1, -0.05) is 12.1 Å². The summed E-state index contributed by atoms with van der Waals surface area (Å²) < 4.78 is 0. The van der Waals surface area contributed by atoms with E-state index in [1.54, 1.807) is 6.07 Å². The third-order valence-electron chi connectivity index (χ3n) is 3.17. The smallest absolute Gasteiger partial charge is 0.138 e. The molecule has 1 heterocycles. The van der Waals surface area contributed by atoms with Gasteiger partial charge in [-0.25, -0.2) is 0 Å². The second kappa shape index (κ2) is 4.11. The largest absolute Gasteiger partial charge is 0.506 e. The van der Waals surface area contributed by atoms with Crippen LogP contribution in [-0.4, -0.2) is 30.1 Å². The molecule has 0 bridgehead atoms. The van der Waals surface area contributed by atoms with Crippen LogP contribution >= 0.6 is 0 Å². The number of para-hydroxylation sites is 1. The second-order valence-corrected chi connectivity index (χ2v) is 4.47. The summed E-state index contributed by atoms with van der Waals surface area (Å²) in [7, 11) is 2.14. The second-order valence-electron chi connectivity index (χ2n) is 4.47. The van der Waals surface area contributed by atoms with Crippen LogP contribution in [0, 0.1) is 5.92 Å². The van der Waals surface area contributed by atoms with Crippen LogP contribution in [0.3, 0.4) is 0 Å². The maximum Gasteiger partial charge on any atom is 0.138 e. The molecule has 1 fully saturated rings. The third-order valence-corrected chi connectivity index (χ3v) is 3.17. The van der Waals surface area contributed by atoms with E-state index in [9.17, 15) is 5.11 Å². The van der Waals surface area contributed by atoms with E-state index in [2.05, 4.69) is 11.9 Å². The van der Waals surface area contributed by atoms with Crippen molar-refractivity contribution in [1.82, 2.24) is 4.90 Å². The predicted molar refractivity (Wildman–Crippen MR) is 61.8 cm³/mol. The molecule has 2 rings (SSSR count). The lowest BCUT2D eigenvalue weighted by molar-refractivity contribution is 0.394. The zero-order chi connectivity index (χ0) is 10.8. The Kier molecular flexibility index (Phi) is 2.82. The topological polar surface area (TPSA) is 49.5 Å². The van der Waals surface area contributed by atoms with Gasteiger partial charge < -0.3 is 15.7 Å². The zero-order valence-corrected chi connectivity index (χ0v) is 9.11. The summed E-state index contributed by atoms with van der Waals surface area (Å²) >= 11 is 0. The Hall–Kier alpha value is -1.22. The predicted octanol–water partition coefficient (Wildman–Crippen LogP) is 1.47. The maximum atomic E-state index is 9.49. The highest BCUT2D eigenvalue weighted by molar-refractivity contribution is 5.57. The Morgan fingerprint density at radius 3 is 3.00 bits per heavy atom. The van der Waals surface area contributed by atoms with Crippen LogP contribution in [-0.2, 0) is 6.42 Å². The molecule has 15 heavy (non-hydrogen) atoms. The number of nitrogen functional groups attached to an aromatic ring is 1. The number of hydrogen-bond donors (Lipinski definition) is 2. The molecule has 1 aromatic rings. The average Bonchev–Trinajstić information content (AvgIpc) is 2.59. The number of rotatable bonds is 2. The molecule has 1 aliphatic rings. The summed E-state index contributed by atoms with van der Waals surface area (Å²) in [6, 6.07) is 5.51. The van der Waals surface area contributed by atoms with E-state index in [0.29, 0.717) is 11.6 Å². The van der Waals surface area contributed by atoms with Crippen molar-refractivity contribution in [2.24, 2.45) is 5.92 Å². The van der Waals surface area contributed by atoms with Crippen molar-refractivity contribution in [2.75, 3.05) is 25.9 Å². The van der Waals surface area contributed by atoms with Crippen molar-refractivity contribution in [1.29, 1.82) is 0 Å². The molecule has 0 radical (unpaired) electrons. The molecular formula is C12H18N2O. The van der Waals surface area contributed by atoms with Crippen LogP contribution < -0.4 is 5.73 Å². The molecule has 3 nitrogen and oxygen atoms in total. The van der Waals surface area contributed by atoms with E-state index >= 15 is 0 Å². The Labute approximate surface area is 90.5 Å². The molecule has 82 valence electrons. The Balaban J connectivity index is 2.07. The molecular weight excluding hydrogens is 188 g/mol. The fourth-order valence-electron chi connectivity index (χ4n) is 2.28. The minimum absolute atomic E-state index is 0.207. The molecule has 1 aliphatic heterocycles. The first-order valence-corrected chi connectivity index (χ1v) is 5.41. The number of nitrogens with two attached hydrogens (primary N) is 1. The monoisotopic (exact) mass is 206 g/mol. The number of phenolic OH excluding ortho intramolecular Hbond substituents is 1. The Morgan fingerprint density at radius 1 is 1.53 bits per heavy atom. The summed E-state index contributed by atoms with van der Waals surface area (Å²) in [5, 5.41) is 9.49. The van der Waals surface area contributed by atoms with Gasteiger partial charge in [0.1, 0.15) is 5.75 Å². The molecule has 1 saturated heterocycles. The van der Waals surface area contributed by atoms with Gasteiger partial charge in [0, 0.05) is 6.54 Å². The molecule has 1 aromatic carbocycles. The van der Waals surface area contributed by atoms with Crippen molar-refractivity contribution < 1.29 is 5.11 Å². The van der Waals surface area contributed by atoms with Gasteiger partial charge in [0.05, 0.1) is 5.69 Å². The van der Waals surface area contributed by atoms with Crippen LogP contribution in [0.25, 0.3) is 0 Å². The number of likely N-dealkylation sites (tertiary alicyclic amines) is 1. The van der Waals surface area contributed by atoms with Crippen LogP contribution in [0.2, 0.25) is 0 Å². The van der Waals surface area contributed by atoms with E-state index in [0.717, 1.165) is 18.5 Å². The molecule has 3 heteroatoms. The van der Waals surface area contributed by atoms with Gasteiger partial charge in [0.25, 0.3) is 0 Å². The first kappa shape index (κ1) is 10.3. The SMILES string of the molecule is CN1CCC(Cc2cccc(O)c2N)C1. The van der Waals surface area contributed by atoms with Crippen LogP contribution in [0.5, 0.6) is 5.75 Å². The highest BCUT2D eigenvalue weighted by Gasteiger charge is 2.20. The van der Waals surface area contributed by atoms with Crippen molar-refractivity contribution in [3.63, 3.8) is 0 Å². The van der Waals surface area contributed by atoms with Gasteiger partial charge in [-0.2, -0.15) is 0 Å². The Bertz CT molecular complexity index is 351. The highest BCUT2D eigenvalue weighted by Crippen LogP contribution is 2.28. The highest BCUT2D eigenvalue weighted by atomic mass is 16.3. The Morgan fingerprint density at radius 2 is 2.33 bits per heavy atom. The van der Waals surface area contributed by atoms with Gasteiger partial charge in [-0.15, -0.1) is 0 Å². The summed E-state index contributed by atoms with van der Waals surface area (Å²) in [5.74, 6) is 0.887. The summed E-state index contributed by atoms with van der Waals surface area (Å²) in [4.78, 5) is 2.34. The molecule has 0 spiro atoms. The van der Waals surface area contributed by atoms with Crippen LogP contribution in [0.1, 0.15) is 12.0 Å². The normalized spacial score (nSPS) is 22.1. The number of benzene rings is 1. The van der Waals surface area contributed by atoms with E-state index in [1.807, 2.05) is 12.1 Å². The van der Waals surface area contributed by atoms with E-state index < -0.39 is 0 Å². The van der Waals surface area contributed by atoms with Crippen LogP contribution in [0.15, 0.2) is 18.2 Å². The average molecular weight is 206 g/mol. The quantitative estimate of drug-likeness (QED) is 0.569.